The summed E-state index contributed by atoms with van der Waals surface area (Å²) in [6.07, 6.45) is -2.16. The molecule has 0 atom stereocenters. The van der Waals surface area contributed by atoms with Gasteiger partial charge >= 0.3 is 6.18 Å². The van der Waals surface area contributed by atoms with Crippen molar-refractivity contribution in [2.75, 3.05) is 11.9 Å². The average molecular weight is 308 g/mol. The van der Waals surface area contributed by atoms with Crippen LogP contribution in [0, 0.1) is 11.3 Å². The molecule has 0 spiro atoms. The normalized spacial score (nSPS) is 12.7. The standard InChI is InChI=1S/C16H15F3N2O/c1-3-5-13(16(17,18)19)9-15(11-22)21(2)14-7-4-6-12(8-14)10-20/h4-9,11H,3H2,1-2H3/b13-5-,15-9-. The molecular formula is C16H15F3N2O. The molecule has 0 bridgehead atoms. The number of hydrogen-bond acceptors (Lipinski definition) is 3. The number of rotatable bonds is 5. The number of nitriles is 1. The third kappa shape index (κ3) is 4.48. The number of benzene rings is 1. The summed E-state index contributed by atoms with van der Waals surface area (Å²) in [7, 11) is 1.47. The number of halogens is 3. The van der Waals surface area contributed by atoms with Crippen molar-refractivity contribution in [2.45, 2.75) is 19.5 Å². The van der Waals surface area contributed by atoms with E-state index < -0.39 is 11.7 Å². The van der Waals surface area contributed by atoms with Crippen molar-refractivity contribution in [2.24, 2.45) is 0 Å². The van der Waals surface area contributed by atoms with Gasteiger partial charge in [0.05, 0.1) is 22.9 Å². The van der Waals surface area contributed by atoms with Gasteiger partial charge in [0.15, 0.2) is 6.29 Å². The molecule has 0 N–H and O–H groups in total. The molecule has 1 aromatic carbocycles. The quantitative estimate of drug-likeness (QED) is 0.469. The second-order valence-corrected chi connectivity index (χ2v) is 4.47. The Morgan fingerprint density at radius 1 is 1.41 bits per heavy atom. The van der Waals surface area contributed by atoms with Gasteiger partial charge in [0.1, 0.15) is 0 Å². The molecular weight excluding hydrogens is 293 g/mol. The number of carbonyl (C=O) groups is 1. The first-order valence-electron chi connectivity index (χ1n) is 6.51. The summed E-state index contributed by atoms with van der Waals surface area (Å²) in [5.41, 5.74) is -0.210. The largest absolute Gasteiger partial charge is 0.416 e. The minimum atomic E-state index is -4.53. The molecule has 0 aromatic heterocycles. The van der Waals surface area contributed by atoms with Crippen LogP contribution in [-0.2, 0) is 4.79 Å². The fourth-order valence-corrected chi connectivity index (χ4v) is 1.78. The fourth-order valence-electron chi connectivity index (χ4n) is 1.78. The first kappa shape index (κ1) is 17.5. The predicted octanol–water partition coefficient (Wildman–Crippen LogP) is 3.98. The number of carbonyl (C=O) groups excluding carboxylic acids is 1. The van der Waals surface area contributed by atoms with Gasteiger partial charge in [0.2, 0.25) is 0 Å². The minimum absolute atomic E-state index is 0.146. The van der Waals surface area contributed by atoms with Crippen molar-refractivity contribution >= 4 is 12.0 Å². The average Bonchev–Trinajstić information content (AvgIpc) is 2.49. The minimum Gasteiger partial charge on any atom is -0.342 e. The van der Waals surface area contributed by atoms with Gasteiger partial charge in [-0.3, -0.25) is 4.79 Å². The molecule has 0 radical (unpaired) electrons. The lowest BCUT2D eigenvalue weighted by Gasteiger charge is -2.20. The van der Waals surface area contributed by atoms with E-state index in [1.807, 2.05) is 6.07 Å². The van der Waals surface area contributed by atoms with Crippen LogP contribution >= 0.6 is 0 Å². The van der Waals surface area contributed by atoms with Crippen molar-refractivity contribution in [1.29, 1.82) is 5.26 Å². The van der Waals surface area contributed by atoms with Crippen LogP contribution in [0.5, 0.6) is 0 Å². The van der Waals surface area contributed by atoms with Crippen LogP contribution in [0.1, 0.15) is 18.9 Å². The molecule has 1 aromatic rings. The molecule has 6 heteroatoms. The molecule has 0 fully saturated rings. The number of hydrogen-bond donors (Lipinski definition) is 0. The Bertz CT molecular complexity index is 640. The molecule has 22 heavy (non-hydrogen) atoms. The lowest BCUT2D eigenvalue weighted by Crippen LogP contribution is -2.20. The van der Waals surface area contributed by atoms with E-state index in [0.29, 0.717) is 17.5 Å². The molecule has 0 heterocycles. The Hall–Kier alpha value is -2.55. The number of anilines is 1. The smallest absolute Gasteiger partial charge is 0.342 e. The Morgan fingerprint density at radius 3 is 2.59 bits per heavy atom. The molecule has 116 valence electrons. The highest BCUT2D eigenvalue weighted by Crippen LogP contribution is 2.29. The zero-order chi connectivity index (χ0) is 16.8. The van der Waals surface area contributed by atoms with E-state index >= 15 is 0 Å². The maximum atomic E-state index is 12.9. The molecule has 0 aliphatic heterocycles. The van der Waals surface area contributed by atoms with E-state index in [1.54, 1.807) is 25.1 Å². The molecule has 0 amide bonds. The van der Waals surface area contributed by atoms with E-state index in [1.165, 1.54) is 18.0 Å². The summed E-state index contributed by atoms with van der Waals surface area (Å²) in [6, 6.07) is 8.20. The first-order chi connectivity index (χ1) is 10.3. The Kier molecular flexibility index (Phi) is 5.93. The SMILES string of the molecule is CC/C=C(/C=C(/C=O)N(C)c1cccc(C#N)c1)C(F)(F)F. The second kappa shape index (κ2) is 7.46. The number of nitrogens with zero attached hydrogens (tertiary/aromatic N) is 2. The fraction of sp³-hybridized carbons (Fsp3) is 0.250. The number of allylic oxidation sites excluding steroid dienone is 4. The van der Waals surface area contributed by atoms with E-state index in [0.717, 1.165) is 12.2 Å². The number of aldehydes is 1. The molecule has 0 unspecified atom stereocenters. The van der Waals surface area contributed by atoms with Crippen molar-refractivity contribution in [1.82, 2.24) is 0 Å². The highest BCUT2D eigenvalue weighted by Gasteiger charge is 2.32. The Balaban J connectivity index is 3.24. The molecule has 0 saturated carbocycles. The van der Waals surface area contributed by atoms with Gasteiger partial charge in [-0.1, -0.05) is 19.1 Å². The van der Waals surface area contributed by atoms with Crippen LogP contribution < -0.4 is 4.90 Å². The van der Waals surface area contributed by atoms with Crippen LogP contribution in [0.15, 0.2) is 47.7 Å². The van der Waals surface area contributed by atoms with Gasteiger partial charge in [-0.2, -0.15) is 18.4 Å². The first-order valence-corrected chi connectivity index (χ1v) is 6.51. The second-order valence-electron chi connectivity index (χ2n) is 4.47. The third-order valence-corrected chi connectivity index (χ3v) is 2.93. The number of likely N-dealkylation sites (N-methyl/N-ethyl adjacent to an activating group) is 1. The summed E-state index contributed by atoms with van der Waals surface area (Å²) < 4.78 is 38.7. The molecule has 0 saturated heterocycles. The van der Waals surface area contributed by atoms with Gasteiger partial charge in [0.25, 0.3) is 0 Å². The summed E-state index contributed by atoms with van der Waals surface area (Å²) in [5, 5.41) is 8.85. The molecule has 0 aliphatic rings. The van der Waals surface area contributed by atoms with E-state index in [-0.39, 0.29) is 12.1 Å². The predicted molar refractivity (Wildman–Crippen MR) is 78.1 cm³/mol. The van der Waals surface area contributed by atoms with Crippen molar-refractivity contribution in [3.05, 3.63) is 53.3 Å². The number of alkyl halides is 3. The summed E-state index contributed by atoms with van der Waals surface area (Å²) in [5.74, 6) is 0. The van der Waals surface area contributed by atoms with Crippen molar-refractivity contribution < 1.29 is 18.0 Å². The third-order valence-electron chi connectivity index (χ3n) is 2.93. The maximum Gasteiger partial charge on any atom is 0.416 e. The monoisotopic (exact) mass is 308 g/mol. The van der Waals surface area contributed by atoms with Gasteiger partial charge in [-0.05, 0) is 30.7 Å². The van der Waals surface area contributed by atoms with Gasteiger partial charge in [0, 0.05) is 12.7 Å². The Labute approximate surface area is 127 Å². The van der Waals surface area contributed by atoms with Crippen LogP contribution in [0.25, 0.3) is 0 Å². The highest BCUT2D eigenvalue weighted by atomic mass is 19.4. The van der Waals surface area contributed by atoms with Crippen LogP contribution in [0.4, 0.5) is 18.9 Å². The van der Waals surface area contributed by atoms with E-state index in [2.05, 4.69) is 0 Å². The van der Waals surface area contributed by atoms with Crippen LogP contribution in [-0.4, -0.2) is 19.5 Å². The van der Waals surface area contributed by atoms with Crippen molar-refractivity contribution in [3.8, 4) is 6.07 Å². The zero-order valence-corrected chi connectivity index (χ0v) is 12.2. The maximum absolute atomic E-state index is 12.9. The van der Waals surface area contributed by atoms with E-state index in [9.17, 15) is 18.0 Å². The Morgan fingerprint density at radius 2 is 2.09 bits per heavy atom. The van der Waals surface area contributed by atoms with Crippen LogP contribution in [0.3, 0.4) is 0 Å². The van der Waals surface area contributed by atoms with Crippen molar-refractivity contribution in [3.63, 3.8) is 0 Å². The lowest BCUT2D eigenvalue weighted by atomic mass is 10.1. The van der Waals surface area contributed by atoms with Gasteiger partial charge in [-0.25, -0.2) is 0 Å². The zero-order valence-electron chi connectivity index (χ0n) is 12.2. The van der Waals surface area contributed by atoms with E-state index in [4.69, 9.17) is 5.26 Å². The summed E-state index contributed by atoms with van der Waals surface area (Å²) >= 11 is 0. The molecule has 1 rings (SSSR count). The lowest BCUT2D eigenvalue weighted by molar-refractivity contribution is -0.105. The van der Waals surface area contributed by atoms with Crippen LogP contribution in [0.2, 0.25) is 0 Å². The topological polar surface area (TPSA) is 44.1 Å². The summed E-state index contributed by atoms with van der Waals surface area (Å²) in [4.78, 5) is 12.5. The van der Waals surface area contributed by atoms with Gasteiger partial charge < -0.3 is 4.90 Å². The molecule has 0 aliphatic carbocycles. The molecule has 3 nitrogen and oxygen atoms in total. The highest BCUT2D eigenvalue weighted by molar-refractivity contribution is 5.81. The summed E-state index contributed by atoms with van der Waals surface area (Å²) in [6.45, 7) is 1.58. The van der Waals surface area contributed by atoms with Gasteiger partial charge in [-0.15, -0.1) is 0 Å².